The van der Waals surface area contributed by atoms with Crippen molar-refractivity contribution in [2.24, 2.45) is 0 Å². The van der Waals surface area contributed by atoms with Gasteiger partial charge in [-0.15, -0.1) is 10.2 Å². The Morgan fingerprint density at radius 1 is 1.14 bits per heavy atom. The van der Waals surface area contributed by atoms with Crippen molar-refractivity contribution in [1.29, 1.82) is 0 Å². The van der Waals surface area contributed by atoms with Crippen LogP contribution in [0.3, 0.4) is 0 Å². The lowest BCUT2D eigenvalue weighted by Crippen LogP contribution is -2.12. The molecule has 0 saturated heterocycles. The van der Waals surface area contributed by atoms with Crippen LogP contribution in [0.25, 0.3) is 0 Å². The number of rotatable bonds is 3. The molecule has 0 radical (unpaired) electrons. The maximum atomic E-state index is 12.1. The van der Waals surface area contributed by atoms with Gasteiger partial charge in [0.2, 0.25) is 5.13 Å². The van der Waals surface area contributed by atoms with Crippen LogP contribution in [0.5, 0.6) is 0 Å². The molecule has 1 aromatic heterocycles. The number of benzene rings is 1. The maximum Gasteiger partial charge on any atom is 0.257 e. The third-order valence-corrected chi connectivity index (χ3v) is 4.75. The van der Waals surface area contributed by atoms with Crippen LogP contribution in [0.4, 0.5) is 5.13 Å². The first-order valence-corrected chi connectivity index (χ1v) is 8.25. The molecule has 110 valence electrons. The summed E-state index contributed by atoms with van der Waals surface area (Å²) >= 11 is 1.38. The highest BCUT2D eigenvalue weighted by molar-refractivity contribution is 7.15. The molecule has 0 aliphatic heterocycles. The van der Waals surface area contributed by atoms with Gasteiger partial charge in [0.25, 0.3) is 5.91 Å². The molecule has 0 spiro atoms. The first-order chi connectivity index (χ1) is 10.2. The van der Waals surface area contributed by atoms with Gasteiger partial charge in [0.15, 0.2) is 0 Å². The molecule has 1 fully saturated rings. The molecule has 0 atom stereocenters. The summed E-state index contributed by atoms with van der Waals surface area (Å²) in [6, 6.07) is 8.01. The molecule has 5 heteroatoms. The second-order valence-corrected chi connectivity index (χ2v) is 6.72. The van der Waals surface area contributed by atoms with Crippen LogP contribution in [0.2, 0.25) is 0 Å². The summed E-state index contributed by atoms with van der Waals surface area (Å²) in [4.78, 5) is 12.1. The Hall–Kier alpha value is -1.75. The summed E-state index contributed by atoms with van der Waals surface area (Å²) in [5.41, 5.74) is 2.03. The maximum absolute atomic E-state index is 12.1. The largest absolute Gasteiger partial charge is 0.296 e. The summed E-state index contributed by atoms with van der Waals surface area (Å²) in [7, 11) is 0. The van der Waals surface area contributed by atoms with Crippen molar-refractivity contribution in [3.63, 3.8) is 0 Å². The normalized spacial score (nSPS) is 15.9. The van der Waals surface area contributed by atoms with E-state index in [1.54, 1.807) is 0 Å². The molecule has 1 aliphatic rings. The fourth-order valence-corrected chi connectivity index (χ4v) is 3.45. The molecule has 0 bridgehead atoms. The molecule has 1 aliphatic carbocycles. The molecule has 3 rings (SSSR count). The lowest BCUT2D eigenvalue weighted by atomic mass is 9.84. The Balaban J connectivity index is 1.67. The Bertz CT molecular complexity index is 615. The minimum atomic E-state index is -0.124. The van der Waals surface area contributed by atoms with Gasteiger partial charge in [-0.25, -0.2) is 0 Å². The zero-order valence-corrected chi connectivity index (χ0v) is 12.9. The van der Waals surface area contributed by atoms with Crippen LogP contribution in [0, 0.1) is 6.92 Å². The predicted molar refractivity (Wildman–Crippen MR) is 84.9 cm³/mol. The van der Waals surface area contributed by atoms with E-state index in [1.807, 2.05) is 19.1 Å². The van der Waals surface area contributed by atoms with Crippen molar-refractivity contribution >= 4 is 22.4 Å². The van der Waals surface area contributed by atoms with Crippen molar-refractivity contribution in [2.45, 2.75) is 44.9 Å². The first-order valence-electron chi connectivity index (χ1n) is 7.44. The van der Waals surface area contributed by atoms with E-state index in [0.29, 0.717) is 16.6 Å². The molecule has 4 nitrogen and oxygen atoms in total. The highest BCUT2D eigenvalue weighted by Crippen LogP contribution is 2.32. The topological polar surface area (TPSA) is 54.9 Å². The molecule has 1 amide bonds. The number of aromatic nitrogens is 2. The van der Waals surface area contributed by atoms with Crippen molar-refractivity contribution in [3.8, 4) is 0 Å². The van der Waals surface area contributed by atoms with Crippen LogP contribution >= 0.6 is 11.3 Å². The van der Waals surface area contributed by atoms with Gasteiger partial charge in [0.1, 0.15) is 5.01 Å². The zero-order chi connectivity index (χ0) is 14.7. The fraction of sp³-hybridized carbons (Fsp3) is 0.438. The zero-order valence-electron chi connectivity index (χ0n) is 12.1. The highest BCUT2D eigenvalue weighted by atomic mass is 32.1. The van der Waals surface area contributed by atoms with E-state index in [0.717, 1.165) is 5.01 Å². The molecule has 1 heterocycles. The molecular weight excluding hydrogens is 282 g/mol. The molecule has 21 heavy (non-hydrogen) atoms. The minimum absolute atomic E-state index is 0.124. The average molecular weight is 301 g/mol. The van der Waals surface area contributed by atoms with E-state index in [1.165, 1.54) is 49.0 Å². The number of hydrogen-bond donors (Lipinski definition) is 1. The lowest BCUT2D eigenvalue weighted by Gasteiger charge is -2.22. The highest BCUT2D eigenvalue weighted by Gasteiger charge is 2.16. The van der Waals surface area contributed by atoms with Crippen LogP contribution in [0.15, 0.2) is 24.3 Å². The fourth-order valence-electron chi connectivity index (χ4n) is 2.86. The quantitative estimate of drug-likeness (QED) is 0.926. The number of aryl methyl sites for hydroxylation is 1. The van der Waals surface area contributed by atoms with Crippen LogP contribution < -0.4 is 5.32 Å². The van der Waals surface area contributed by atoms with Crippen molar-refractivity contribution in [2.75, 3.05) is 5.32 Å². The van der Waals surface area contributed by atoms with E-state index in [4.69, 9.17) is 0 Å². The third-order valence-electron chi connectivity index (χ3n) is 4.00. The second-order valence-electron chi connectivity index (χ2n) is 5.54. The Morgan fingerprint density at radius 2 is 1.86 bits per heavy atom. The van der Waals surface area contributed by atoms with E-state index in [9.17, 15) is 4.79 Å². The van der Waals surface area contributed by atoms with E-state index in [2.05, 4.69) is 27.6 Å². The summed E-state index contributed by atoms with van der Waals surface area (Å²) in [6.07, 6.45) is 6.55. The Morgan fingerprint density at radius 3 is 2.48 bits per heavy atom. The van der Waals surface area contributed by atoms with Gasteiger partial charge in [-0.1, -0.05) is 42.7 Å². The molecule has 1 saturated carbocycles. The molecular formula is C16H19N3OS. The summed E-state index contributed by atoms with van der Waals surface area (Å²) in [5, 5.41) is 12.0. The van der Waals surface area contributed by atoms with Crippen LogP contribution in [-0.2, 0) is 0 Å². The van der Waals surface area contributed by atoms with Gasteiger partial charge in [-0.2, -0.15) is 0 Å². The molecule has 0 unspecified atom stereocenters. The van der Waals surface area contributed by atoms with Crippen LogP contribution in [0.1, 0.15) is 59.0 Å². The number of carbonyl (C=O) groups is 1. The lowest BCUT2D eigenvalue weighted by molar-refractivity contribution is 0.102. The van der Waals surface area contributed by atoms with Crippen LogP contribution in [-0.4, -0.2) is 16.1 Å². The standard InChI is InChI=1S/C16H19N3OS/c1-11-18-19-16(21-11)17-15(20)14-9-7-13(8-10-14)12-5-3-2-4-6-12/h7-10,12H,2-6H2,1H3,(H,17,19,20). The summed E-state index contributed by atoms with van der Waals surface area (Å²) < 4.78 is 0. The summed E-state index contributed by atoms with van der Waals surface area (Å²) in [5.74, 6) is 0.544. The number of hydrogen-bond acceptors (Lipinski definition) is 4. The number of nitrogens with one attached hydrogen (secondary N) is 1. The van der Waals surface area contributed by atoms with Gasteiger partial charge in [0.05, 0.1) is 0 Å². The Kier molecular flexibility index (Phi) is 4.29. The molecule has 1 aromatic carbocycles. The monoisotopic (exact) mass is 301 g/mol. The van der Waals surface area contributed by atoms with Gasteiger partial charge in [-0.05, 0) is 43.4 Å². The van der Waals surface area contributed by atoms with Gasteiger partial charge >= 0.3 is 0 Å². The smallest absolute Gasteiger partial charge is 0.257 e. The number of nitrogens with zero attached hydrogens (tertiary/aromatic N) is 2. The predicted octanol–water partition coefficient (Wildman–Crippen LogP) is 4.15. The third kappa shape index (κ3) is 3.47. The van der Waals surface area contributed by atoms with E-state index < -0.39 is 0 Å². The average Bonchev–Trinajstić information content (AvgIpc) is 2.93. The van der Waals surface area contributed by atoms with Crippen molar-refractivity contribution in [3.05, 3.63) is 40.4 Å². The van der Waals surface area contributed by atoms with Crippen molar-refractivity contribution in [1.82, 2.24) is 10.2 Å². The van der Waals surface area contributed by atoms with Gasteiger partial charge in [0, 0.05) is 5.56 Å². The summed E-state index contributed by atoms with van der Waals surface area (Å²) in [6.45, 7) is 1.87. The van der Waals surface area contributed by atoms with Gasteiger partial charge in [-0.3, -0.25) is 10.1 Å². The van der Waals surface area contributed by atoms with E-state index >= 15 is 0 Å². The number of amides is 1. The Labute approximate surface area is 128 Å². The molecule has 1 N–H and O–H groups in total. The molecule has 2 aromatic rings. The minimum Gasteiger partial charge on any atom is -0.296 e. The SMILES string of the molecule is Cc1nnc(NC(=O)c2ccc(C3CCCCC3)cc2)s1. The van der Waals surface area contributed by atoms with Crippen molar-refractivity contribution < 1.29 is 4.79 Å². The number of anilines is 1. The van der Waals surface area contributed by atoms with E-state index in [-0.39, 0.29) is 5.91 Å². The van der Waals surface area contributed by atoms with Gasteiger partial charge < -0.3 is 0 Å². The number of carbonyl (C=O) groups excluding carboxylic acids is 1. The first kappa shape index (κ1) is 14.2. The second kappa shape index (κ2) is 6.35.